The van der Waals surface area contributed by atoms with Crippen molar-refractivity contribution in [2.24, 2.45) is 0 Å². The van der Waals surface area contributed by atoms with Gasteiger partial charge < -0.3 is 10.4 Å². The molecule has 0 saturated carbocycles. The fraction of sp³-hybridized carbons (Fsp3) is 0.467. The van der Waals surface area contributed by atoms with E-state index in [-0.39, 0.29) is 18.7 Å². The molecule has 0 aliphatic rings. The van der Waals surface area contributed by atoms with E-state index in [4.69, 9.17) is 5.11 Å². The van der Waals surface area contributed by atoms with Gasteiger partial charge in [0.25, 0.3) is 0 Å². The molecule has 0 aromatic heterocycles. The molecule has 1 amide bonds. The molecule has 104 valence electrons. The van der Waals surface area contributed by atoms with Crippen LogP contribution in [0.25, 0.3) is 0 Å². The first-order valence-corrected chi connectivity index (χ1v) is 6.46. The van der Waals surface area contributed by atoms with Crippen LogP contribution < -0.4 is 5.32 Å². The van der Waals surface area contributed by atoms with Gasteiger partial charge in [0, 0.05) is 19.4 Å². The third kappa shape index (κ3) is 4.73. The van der Waals surface area contributed by atoms with Crippen molar-refractivity contribution in [1.82, 2.24) is 5.32 Å². The average Bonchev–Trinajstić information content (AvgIpc) is 2.35. The van der Waals surface area contributed by atoms with Crippen LogP contribution in [0.1, 0.15) is 41.5 Å². The molecule has 0 bridgehead atoms. The van der Waals surface area contributed by atoms with Crippen LogP contribution in [0.15, 0.2) is 12.1 Å². The third-order valence-corrected chi connectivity index (χ3v) is 3.44. The van der Waals surface area contributed by atoms with Gasteiger partial charge in [-0.05, 0) is 49.4 Å². The van der Waals surface area contributed by atoms with Crippen molar-refractivity contribution in [2.75, 3.05) is 0 Å². The van der Waals surface area contributed by atoms with E-state index in [2.05, 4.69) is 19.2 Å². The molecule has 0 aliphatic carbocycles. The Morgan fingerprint density at radius 1 is 1.11 bits per heavy atom. The second-order valence-electron chi connectivity index (χ2n) is 4.82. The fourth-order valence-electron chi connectivity index (χ4n) is 1.89. The van der Waals surface area contributed by atoms with E-state index < -0.39 is 5.97 Å². The summed E-state index contributed by atoms with van der Waals surface area (Å²) in [6, 6.07) is 4.07. The van der Waals surface area contributed by atoms with E-state index in [1.807, 2.05) is 19.1 Å². The maximum Gasteiger partial charge on any atom is 0.303 e. The molecule has 0 unspecified atom stereocenters. The fourth-order valence-corrected chi connectivity index (χ4v) is 1.89. The quantitative estimate of drug-likeness (QED) is 0.828. The minimum Gasteiger partial charge on any atom is -0.481 e. The van der Waals surface area contributed by atoms with Gasteiger partial charge >= 0.3 is 5.97 Å². The second kappa shape index (κ2) is 6.92. The van der Waals surface area contributed by atoms with Crippen molar-refractivity contribution < 1.29 is 14.7 Å². The first-order valence-electron chi connectivity index (χ1n) is 6.46. The Labute approximate surface area is 113 Å². The maximum atomic E-state index is 11.6. The number of aliphatic carboxylic acids is 1. The van der Waals surface area contributed by atoms with Crippen LogP contribution in [0.3, 0.4) is 0 Å². The van der Waals surface area contributed by atoms with E-state index in [0.29, 0.717) is 13.0 Å². The van der Waals surface area contributed by atoms with Crippen molar-refractivity contribution in [3.8, 4) is 0 Å². The Morgan fingerprint density at radius 3 is 2.42 bits per heavy atom. The van der Waals surface area contributed by atoms with Crippen LogP contribution in [0, 0.1) is 20.8 Å². The van der Waals surface area contributed by atoms with Crippen molar-refractivity contribution in [3.05, 3.63) is 34.4 Å². The lowest BCUT2D eigenvalue weighted by Gasteiger charge is -2.12. The summed E-state index contributed by atoms with van der Waals surface area (Å²) in [5, 5.41) is 11.3. The van der Waals surface area contributed by atoms with E-state index in [1.54, 1.807) is 0 Å². The number of carbonyl (C=O) groups excluding carboxylic acids is 1. The van der Waals surface area contributed by atoms with Crippen molar-refractivity contribution in [3.63, 3.8) is 0 Å². The van der Waals surface area contributed by atoms with Gasteiger partial charge in [0.05, 0.1) is 0 Å². The molecule has 4 heteroatoms. The topological polar surface area (TPSA) is 66.4 Å². The molecule has 0 saturated heterocycles. The zero-order valence-corrected chi connectivity index (χ0v) is 11.7. The number of nitrogens with one attached hydrogen (secondary N) is 1. The highest BCUT2D eigenvalue weighted by molar-refractivity contribution is 5.76. The SMILES string of the molecule is Cc1ccc(CNC(=O)CCCC(=O)O)c(C)c1C. The van der Waals surface area contributed by atoms with Gasteiger partial charge in [-0.15, -0.1) is 0 Å². The number of rotatable bonds is 6. The molecule has 0 aliphatic heterocycles. The number of benzene rings is 1. The zero-order chi connectivity index (χ0) is 14.4. The molecule has 0 fully saturated rings. The van der Waals surface area contributed by atoms with Gasteiger partial charge in [-0.2, -0.15) is 0 Å². The number of hydrogen-bond donors (Lipinski definition) is 2. The monoisotopic (exact) mass is 263 g/mol. The normalized spacial score (nSPS) is 10.3. The van der Waals surface area contributed by atoms with Gasteiger partial charge in [0.15, 0.2) is 0 Å². The lowest BCUT2D eigenvalue weighted by molar-refractivity contribution is -0.137. The number of hydrogen-bond acceptors (Lipinski definition) is 2. The Kier molecular flexibility index (Phi) is 5.55. The second-order valence-corrected chi connectivity index (χ2v) is 4.82. The van der Waals surface area contributed by atoms with Crippen LogP contribution >= 0.6 is 0 Å². The standard InChI is InChI=1S/C15H21NO3/c1-10-7-8-13(12(3)11(10)2)9-16-14(17)5-4-6-15(18)19/h7-8H,4-6,9H2,1-3H3,(H,16,17)(H,18,19). The van der Waals surface area contributed by atoms with Gasteiger partial charge in [-0.1, -0.05) is 12.1 Å². The highest BCUT2D eigenvalue weighted by atomic mass is 16.4. The van der Waals surface area contributed by atoms with Gasteiger partial charge in [-0.3, -0.25) is 9.59 Å². The Balaban J connectivity index is 2.46. The van der Waals surface area contributed by atoms with Crippen LogP contribution in [-0.4, -0.2) is 17.0 Å². The highest BCUT2D eigenvalue weighted by Gasteiger charge is 2.07. The third-order valence-electron chi connectivity index (χ3n) is 3.44. The molecule has 1 rings (SSSR count). The summed E-state index contributed by atoms with van der Waals surface area (Å²) in [5.41, 5.74) is 4.80. The maximum absolute atomic E-state index is 11.6. The van der Waals surface area contributed by atoms with Crippen LogP contribution in [0.5, 0.6) is 0 Å². The summed E-state index contributed by atoms with van der Waals surface area (Å²) in [6.45, 7) is 6.69. The van der Waals surface area contributed by atoms with Crippen molar-refractivity contribution >= 4 is 11.9 Å². The Morgan fingerprint density at radius 2 is 1.79 bits per heavy atom. The van der Waals surface area contributed by atoms with E-state index in [1.165, 1.54) is 16.7 Å². The predicted octanol–water partition coefficient (Wildman–Crippen LogP) is 2.48. The summed E-state index contributed by atoms with van der Waals surface area (Å²) < 4.78 is 0. The van der Waals surface area contributed by atoms with E-state index >= 15 is 0 Å². The van der Waals surface area contributed by atoms with E-state index in [0.717, 1.165) is 5.56 Å². The smallest absolute Gasteiger partial charge is 0.303 e. The molecule has 0 radical (unpaired) electrons. The van der Waals surface area contributed by atoms with Gasteiger partial charge in [0.1, 0.15) is 0 Å². The number of carbonyl (C=O) groups is 2. The number of carboxylic acids is 1. The van der Waals surface area contributed by atoms with Crippen molar-refractivity contribution in [2.45, 2.75) is 46.6 Å². The zero-order valence-electron chi connectivity index (χ0n) is 11.7. The summed E-state index contributed by atoms with van der Waals surface area (Å²) in [7, 11) is 0. The van der Waals surface area contributed by atoms with Crippen LogP contribution in [0.2, 0.25) is 0 Å². The first-order chi connectivity index (χ1) is 8.91. The summed E-state index contributed by atoms with van der Waals surface area (Å²) in [5.74, 6) is -0.961. The summed E-state index contributed by atoms with van der Waals surface area (Å²) >= 11 is 0. The minimum atomic E-state index is -0.863. The molecule has 4 nitrogen and oxygen atoms in total. The molecule has 1 aromatic carbocycles. The first kappa shape index (κ1) is 15.2. The van der Waals surface area contributed by atoms with Crippen LogP contribution in [-0.2, 0) is 16.1 Å². The molecule has 0 spiro atoms. The molecule has 19 heavy (non-hydrogen) atoms. The number of carboxylic acid groups (broad SMARTS) is 1. The molecule has 1 aromatic rings. The van der Waals surface area contributed by atoms with Crippen LogP contribution in [0.4, 0.5) is 0 Å². The molecular formula is C15H21NO3. The molecule has 2 N–H and O–H groups in total. The lowest BCUT2D eigenvalue weighted by atomic mass is 9.99. The van der Waals surface area contributed by atoms with Gasteiger partial charge in [0.2, 0.25) is 5.91 Å². The Bertz CT molecular complexity index is 481. The number of amides is 1. The highest BCUT2D eigenvalue weighted by Crippen LogP contribution is 2.16. The largest absolute Gasteiger partial charge is 0.481 e. The average molecular weight is 263 g/mol. The molecule has 0 atom stereocenters. The lowest BCUT2D eigenvalue weighted by Crippen LogP contribution is -2.23. The molecular weight excluding hydrogens is 242 g/mol. The number of aryl methyl sites for hydroxylation is 1. The summed E-state index contributed by atoms with van der Waals surface area (Å²) in [6.07, 6.45) is 0.680. The minimum absolute atomic E-state index is 0.0378. The Hall–Kier alpha value is -1.84. The van der Waals surface area contributed by atoms with E-state index in [9.17, 15) is 9.59 Å². The molecule has 0 heterocycles. The van der Waals surface area contributed by atoms with Crippen molar-refractivity contribution in [1.29, 1.82) is 0 Å². The predicted molar refractivity (Wildman–Crippen MR) is 74.0 cm³/mol. The van der Waals surface area contributed by atoms with Gasteiger partial charge in [-0.25, -0.2) is 0 Å². The summed E-state index contributed by atoms with van der Waals surface area (Å²) in [4.78, 5) is 21.9.